The van der Waals surface area contributed by atoms with Crippen molar-refractivity contribution in [2.75, 3.05) is 6.61 Å². The molecule has 4 unspecified atom stereocenters. The smallest absolute Gasteiger partial charge is 0.338 e. The predicted molar refractivity (Wildman–Crippen MR) is 138 cm³/mol. The van der Waals surface area contributed by atoms with Crippen molar-refractivity contribution in [2.24, 2.45) is 17.3 Å². The molecular formula is C31H41FO3. The maximum Gasteiger partial charge on any atom is 0.338 e. The van der Waals surface area contributed by atoms with E-state index in [2.05, 4.69) is 54.5 Å². The van der Waals surface area contributed by atoms with Crippen molar-refractivity contribution in [3.8, 4) is 0 Å². The Labute approximate surface area is 210 Å². The number of aliphatic hydroxyl groups excluding tert-OH is 1. The molecule has 1 N–H and O–H groups in total. The van der Waals surface area contributed by atoms with Gasteiger partial charge in [0, 0.05) is 11.8 Å². The van der Waals surface area contributed by atoms with Crippen molar-refractivity contribution >= 4 is 5.97 Å². The summed E-state index contributed by atoms with van der Waals surface area (Å²) in [4.78, 5) is 13.2. The lowest BCUT2D eigenvalue weighted by Gasteiger charge is -2.45. The van der Waals surface area contributed by atoms with Gasteiger partial charge in [-0.1, -0.05) is 60.6 Å². The lowest BCUT2D eigenvalue weighted by Crippen LogP contribution is -2.41. The largest absolute Gasteiger partial charge is 0.462 e. The highest BCUT2D eigenvalue weighted by atomic mass is 19.1. The number of fused-ring (bicyclic) bond motifs is 2. The highest BCUT2D eigenvalue weighted by Crippen LogP contribution is 2.50. The van der Waals surface area contributed by atoms with E-state index in [-0.39, 0.29) is 40.4 Å². The van der Waals surface area contributed by atoms with E-state index in [1.54, 1.807) is 6.07 Å². The van der Waals surface area contributed by atoms with Crippen LogP contribution >= 0.6 is 0 Å². The average Bonchev–Trinajstić information content (AvgIpc) is 2.74. The van der Waals surface area contributed by atoms with Crippen LogP contribution in [-0.4, -0.2) is 23.8 Å². The fraction of sp³-hybridized carbons (Fsp3) is 0.581. The third kappa shape index (κ3) is 5.05. The molecule has 3 nitrogen and oxygen atoms in total. The number of aliphatic hydroxyl groups is 1. The highest BCUT2D eigenvalue weighted by molar-refractivity contribution is 5.90. The van der Waals surface area contributed by atoms with Crippen molar-refractivity contribution in [3.05, 3.63) is 70.0 Å². The molecule has 0 fully saturated rings. The maximum absolute atomic E-state index is 13.8. The van der Waals surface area contributed by atoms with Gasteiger partial charge in [0.05, 0.1) is 18.3 Å². The molecule has 35 heavy (non-hydrogen) atoms. The third-order valence-corrected chi connectivity index (χ3v) is 8.29. The van der Waals surface area contributed by atoms with Crippen LogP contribution in [0.4, 0.5) is 4.39 Å². The number of benzene rings is 2. The Morgan fingerprint density at radius 3 is 2.51 bits per heavy atom. The van der Waals surface area contributed by atoms with Gasteiger partial charge in [0.1, 0.15) is 5.82 Å². The molecule has 0 heterocycles. The van der Waals surface area contributed by atoms with Crippen molar-refractivity contribution in [2.45, 2.75) is 91.1 Å². The summed E-state index contributed by atoms with van der Waals surface area (Å²) in [6.45, 7) is 15.5. The van der Waals surface area contributed by atoms with E-state index in [9.17, 15) is 14.3 Å². The van der Waals surface area contributed by atoms with Crippen LogP contribution in [0.5, 0.6) is 0 Å². The molecule has 2 aromatic rings. The molecule has 190 valence electrons. The Morgan fingerprint density at radius 1 is 1.14 bits per heavy atom. The van der Waals surface area contributed by atoms with E-state index in [1.807, 2.05) is 18.2 Å². The topological polar surface area (TPSA) is 46.5 Å². The zero-order valence-electron chi connectivity index (χ0n) is 22.3. The standard InChI is InChI=1S/C31H41FO3/c1-18(2)27-21(9-8-19-14-22(32)11-12-23(19)27)17-35-29(34)20-10-13-25-24(15-20)28(30(3,4)5)26(33)16-31(25,6)7/h10-15,18,21,26-28,33H,8-9,16-17H2,1-7H3. The van der Waals surface area contributed by atoms with Gasteiger partial charge in [-0.15, -0.1) is 0 Å². The van der Waals surface area contributed by atoms with Gasteiger partial charge in [0.15, 0.2) is 0 Å². The molecule has 4 heteroatoms. The van der Waals surface area contributed by atoms with E-state index in [1.165, 1.54) is 17.2 Å². The lowest BCUT2D eigenvalue weighted by molar-refractivity contribution is 0.0381. The minimum atomic E-state index is -0.456. The number of aryl methyl sites for hydroxylation is 1. The first-order valence-corrected chi connectivity index (χ1v) is 13.1. The Bertz CT molecular complexity index is 1090. The number of hydrogen-bond acceptors (Lipinski definition) is 3. The molecule has 0 spiro atoms. The minimum absolute atomic E-state index is 0.0427. The van der Waals surface area contributed by atoms with Crippen LogP contribution in [0.3, 0.4) is 0 Å². The first-order valence-electron chi connectivity index (χ1n) is 13.1. The van der Waals surface area contributed by atoms with Crippen LogP contribution < -0.4 is 0 Å². The summed E-state index contributed by atoms with van der Waals surface area (Å²) >= 11 is 0. The first-order chi connectivity index (χ1) is 16.3. The van der Waals surface area contributed by atoms with Crippen molar-refractivity contribution in [1.82, 2.24) is 0 Å². The number of ether oxygens (including phenoxy) is 1. The summed E-state index contributed by atoms with van der Waals surface area (Å²) in [6.07, 6.45) is 1.93. The number of esters is 1. The van der Waals surface area contributed by atoms with E-state index >= 15 is 0 Å². The summed E-state index contributed by atoms with van der Waals surface area (Å²) in [5.41, 5.74) is 4.79. The second kappa shape index (κ2) is 9.35. The van der Waals surface area contributed by atoms with Crippen LogP contribution in [0.1, 0.15) is 106 Å². The number of halogens is 1. The Balaban J connectivity index is 1.56. The van der Waals surface area contributed by atoms with Gasteiger partial charge >= 0.3 is 5.97 Å². The summed E-state index contributed by atoms with van der Waals surface area (Å²) in [6, 6.07) is 11.0. The van der Waals surface area contributed by atoms with Gasteiger partial charge < -0.3 is 9.84 Å². The zero-order chi connectivity index (χ0) is 25.7. The van der Waals surface area contributed by atoms with Gasteiger partial charge in [-0.25, -0.2) is 9.18 Å². The zero-order valence-corrected chi connectivity index (χ0v) is 22.3. The monoisotopic (exact) mass is 480 g/mol. The van der Waals surface area contributed by atoms with Crippen molar-refractivity contribution in [1.29, 1.82) is 0 Å². The first kappa shape index (κ1) is 25.9. The summed E-state index contributed by atoms with van der Waals surface area (Å²) < 4.78 is 19.7. The fourth-order valence-electron chi connectivity index (χ4n) is 6.81. The molecule has 2 aliphatic carbocycles. The second-order valence-corrected chi connectivity index (χ2v) is 12.8. The summed E-state index contributed by atoms with van der Waals surface area (Å²) in [7, 11) is 0. The van der Waals surface area contributed by atoms with Gasteiger partial charge in [0.25, 0.3) is 0 Å². The van der Waals surface area contributed by atoms with E-state index in [0.717, 1.165) is 24.0 Å². The summed E-state index contributed by atoms with van der Waals surface area (Å²) in [5, 5.41) is 11.0. The molecule has 4 rings (SSSR count). The SMILES string of the molecule is CC(C)C1c2ccc(F)cc2CCC1COC(=O)c1ccc2c(c1)C(C(C)(C)C)C(O)CC2(C)C. The Morgan fingerprint density at radius 2 is 1.86 bits per heavy atom. The van der Waals surface area contributed by atoms with Crippen LogP contribution in [0, 0.1) is 23.1 Å². The van der Waals surface area contributed by atoms with Crippen LogP contribution in [0.25, 0.3) is 0 Å². The van der Waals surface area contributed by atoms with Gasteiger partial charge in [-0.05, 0) is 88.4 Å². The second-order valence-electron chi connectivity index (χ2n) is 12.8. The average molecular weight is 481 g/mol. The normalized spacial score (nSPS) is 25.7. The molecule has 2 aliphatic rings. The number of carbonyl (C=O) groups is 1. The molecule has 2 aromatic carbocycles. The molecule has 0 aliphatic heterocycles. The lowest BCUT2D eigenvalue weighted by atomic mass is 9.61. The Hall–Kier alpha value is -2.20. The number of carbonyl (C=O) groups excluding carboxylic acids is 1. The quantitative estimate of drug-likeness (QED) is 0.472. The van der Waals surface area contributed by atoms with Gasteiger partial charge in [-0.2, -0.15) is 0 Å². The van der Waals surface area contributed by atoms with E-state index in [0.29, 0.717) is 24.5 Å². The fourth-order valence-corrected chi connectivity index (χ4v) is 6.81. The number of rotatable bonds is 4. The maximum atomic E-state index is 13.8. The van der Waals surface area contributed by atoms with Crippen LogP contribution in [0.2, 0.25) is 0 Å². The van der Waals surface area contributed by atoms with Gasteiger partial charge in [-0.3, -0.25) is 0 Å². The van der Waals surface area contributed by atoms with Crippen molar-refractivity contribution < 1.29 is 19.0 Å². The predicted octanol–water partition coefficient (Wildman–Crippen LogP) is 7.16. The molecule has 0 saturated carbocycles. The van der Waals surface area contributed by atoms with Crippen LogP contribution in [-0.2, 0) is 16.6 Å². The van der Waals surface area contributed by atoms with Gasteiger partial charge in [0.2, 0.25) is 0 Å². The van der Waals surface area contributed by atoms with E-state index < -0.39 is 6.10 Å². The molecule has 4 atom stereocenters. The highest BCUT2D eigenvalue weighted by Gasteiger charge is 2.43. The molecule has 0 aromatic heterocycles. The van der Waals surface area contributed by atoms with E-state index in [4.69, 9.17) is 4.74 Å². The van der Waals surface area contributed by atoms with Crippen LogP contribution in [0.15, 0.2) is 36.4 Å². The molecule has 0 saturated heterocycles. The van der Waals surface area contributed by atoms with Crippen molar-refractivity contribution in [3.63, 3.8) is 0 Å². The Kier molecular flexibility index (Phi) is 6.91. The minimum Gasteiger partial charge on any atom is -0.462 e. The third-order valence-electron chi connectivity index (χ3n) is 8.29. The summed E-state index contributed by atoms with van der Waals surface area (Å²) in [5.74, 6) is 0.257. The number of hydrogen-bond donors (Lipinski definition) is 1. The molecular weight excluding hydrogens is 439 g/mol. The molecule has 0 radical (unpaired) electrons. The molecule has 0 amide bonds. The molecule has 0 bridgehead atoms.